The number of rotatable bonds is 8. The fourth-order valence-corrected chi connectivity index (χ4v) is 6.16. The molecule has 3 aliphatic rings. The number of carbonyl (C=O) groups is 1. The van der Waals surface area contributed by atoms with Gasteiger partial charge in [-0.05, 0) is 67.8 Å². The second-order valence-corrected chi connectivity index (χ2v) is 12.4. The number of ether oxygens (including phenoxy) is 2. The van der Waals surface area contributed by atoms with Crippen LogP contribution in [0.3, 0.4) is 0 Å². The molecular weight excluding hydrogens is 549 g/mol. The monoisotopic (exact) mass is 581 g/mol. The van der Waals surface area contributed by atoms with Crippen LogP contribution in [0.2, 0.25) is 0 Å². The topological polar surface area (TPSA) is 109 Å². The average molecular weight is 582 g/mol. The molecule has 41 heavy (non-hydrogen) atoms. The van der Waals surface area contributed by atoms with Gasteiger partial charge in [0.2, 0.25) is 0 Å². The highest BCUT2D eigenvalue weighted by Gasteiger charge is 2.47. The molecule has 0 bridgehead atoms. The minimum atomic E-state index is -4.31. The van der Waals surface area contributed by atoms with Gasteiger partial charge >= 0.3 is 6.09 Å². The van der Waals surface area contributed by atoms with Crippen LogP contribution in [0.1, 0.15) is 49.9 Å². The van der Waals surface area contributed by atoms with Gasteiger partial charge in [0, 0.05) is 49.6 Å². The number of piperidine rings is 1. The molecule has 1 saturated carbocycles. The minimum absolute atomic E-state index is 0.229. The van der Waals surface area contributed by atoms with Crippen LogP contribution in [0.5, 0.6) is 5.75 Å². The van der Waals surface area contributed by atoms with E-state index in [1.807, 2.05) is 13.0 Å². The molecule has 11 heteroatoms. The Balaban J connectivity index is 1.17. The maximum Gasteiger partial charge on any atom is 0.415 e. The SMILES string of the molecule is CCOc1cc(-c2ccc(F)cc2)c(C2CC2)nc1CN1CCC2(CC1)CN(c1ccc(S(=O)(=O)O)cc1)C(=O)O2. The predicted molar refractivity (Wildman–Crippen MR) is 150 cm³/mol. The number of anilines is 1. The number of nitrogens with zero attached hydrogens (tertiary/aromatic N) is 3. The molecule has 1 amide bonds. The van der Waals surface area contributed by atoms with Crippen molar-refractivity contribution in [2.24, 2.45) is 0 Å². The highest BCUT2D eigenvalue weighted by Crippen LogP contribution is 2.45. The van der Waals surface area contributed by atoms with Crippen LogP contribution in [-0.4, -0.2) is 60.8 Å². The molecule has 0 atom stereocenters. The lowest BCUT2D eigenvalue weighted by Gasteiger charge is -2.37. The Kier molecular flexibility index (Phi) is 7.21. The van der Waals surface area contributed by atoms with Crippen LogP contribution in [0.25, 0.3) is 11.1 Å². The zero-order valence-corrected chi connectivity index (χ0v) is 23.6. The van der Waals surface area contributed by atoms with E-state index in [2.05, 4.69) is 4.90 Å². The molecule has 2 saturated heterocycles. The summed E-state index contributed by atoms with van der Waals surface area (Å²) in [6.45, 7) is 4.82. The van der Waals surface area contributed by atoms with Gasteiger partial charge in [-0.25, -0.2) is 9.18 Å². The number of benzene rings is 2. The van der Waals surface area contributed by atoms with E-state index in [4.69, 9.17) is 14.5 Å². The van der Waals surface area contributed by atoms with E-state index in [1.54, 1.807) is 12.1 Å². The third kappa shape index (κ3) is 5.79. The number of amides is 1. The molecule has 2 aliphatic heterocycles. The van der Waals surface area contributed by atoms with E-state index >= 15 is 0 Å². The molecule has 2 aromatic carbocycles. The summed E-state index contributed by atoms with van der Waals surface area (Å²) in [5.74, 6) is 0.846. The average Bonchev–Trinajstić information content (AvgIpc) is 3.74. The van der Waals surface area contributed by atoms with Crippen molar-refractivity contribution in [1.29, 1.82) is 0 Å². The normalized spacial score (nSPS) is 19.0. The molecule has 6 rings (SSSR count). The molecule has 0 unspecified atom stereocenters. The van der Waals surface area contributed by atoms with Gasteiger partial charge in [0.15, 0.2) is 0 Å². The van der Waals surface area contributed by atoms with Gasteiger partial charge in [0.25, 0.3) is 10.1 Å². The maximum absolute atomic E-state index is 13.6. The van der Waals surface area contributed by atoms with Crippen LogP contribution in [-0.2, 0) is 21.4 Å². The zero-order chi connectivity index (χ0) is 28.8. The highest BCUT2D eigenvalue weighted by atomic mass is 32.2. The highest BCUT2D eigenvalue weighted by molar-refractivity contribution is 7.85. The van der Waals surface area contributed by atoms with E-state index in [0.717, 1.165) is 41.1 Å². The molecule has 1 N–H and O–H groups in total. The summed E-state index contributed by atoms with van der Waals surface area (Å²) in [4.78, 5) is 21.4. The molecule has 3 aromatic rings. The summed E-state index contributed by atoms with van der Waals surface area (Å²) in [7, 11) is -4.31. The van der Waals surface area contributed by atoms with Crippen molar-refractivity contribution in [3.05, 3.63) is 71.8 Å². The molecule has 3 heterocycles. The summed E-state index contributed by atoms with van der Waals surface area (Å²) >= 11 is 0. The van der Waals surface area contributed by atoms with Crippen molar-refractivity contribution < 1.29 is 31.6 Å². The molecule has 0 radical (unpaired) electrons. The fraction of sp³-hybridized carbons (Fsp3) is 0.400. The summed E-state index contributed by atoms with van der Waals surface area (Å²) in [6, 6.07) is 14.1. The van der Waals surface area contributed by atoms with Crippen molar-refractivity contribution in [1.82, 2.24) is 9.88 Å². The molecule has 1 aliphatic carbocycles. The van der Waals surface area contributed by atoms with Crippen LogP contribution in [0, 0.1) is 5.82 Å². The molecule has 1 aromatic heterocycles. The lowest BCUT2D eigenvalue weighted by molar-refractivity contribution is -0.00140. The standard InChI is InChI=1S/C30H32FN3O6S/c1-2-39-27-17-25(20-5-7-22(31)8-6-20)28(21-3-4-21)32-26(27)18-33-15-13-30(14-16-33)19-34(29(35)40-30)23-9-11-24(12-10-23)41(36,37)38/h5-12,17,21H,2-4,13-16,18-19H2,1H3,(H,36,37,38). The quantitative estimate of drug-likeness (QED) is 0.352. The van der Waals surface area contributed by atoms with E-state index in [9.17, 15) is 22.2 Å². The van der Waals surface area contributed by atoms with Crippen LogP contribution in [0.4, 0.5) is 14.9 Å². The van der Waals surface area contributed by atoms with Gasteiger partial charge in [0.05, 0.1) is 29.4 Å². The number of halogens is 1. The van der Waals surface area contributed by atoms with Crippen molar-refractivity contribution in [2.75, 3.05) is 31.1 Å². The van der Waals surface area contributed by atoms with E-state index in [0.29, 0.717) is 57.2 Å². The lowest BCUT2D eigenvalue weighted by atomic mass is 9.91. The smallest absolute Gasteiger partial charge is 0.415 e. The zero-order valence-electron chi connectivity index (χ0n) is 22.8. The number of pyridine rings is 1. The predicted octanol–water partition coefficient (Wildman–Crippen LogP) is 5.40. The van der Waals surface area contributed by atoms with Crippen LogP contribution >= 0.6 is 0 Å². The first-order valence-electron chi connectivity index (χ1n) is 13.9. The van der Waals surface area contributed by atoms with Gasteiger partial charge in [-0.1, -0.05) is 12.1 Å². The maximum atomic E-state index is 13.6. The third-order valence-corrected chi connectivity index (χ3v) is 8.94. The van der Waals surface area contributed by atoms with Gasteiger partial charge in [-0.3, -0.25) is 19.3 Å². The Bertz CT molecular complexity index is 1550. The van der Waals surface area contributed by atoms with Gasteiger partial charge < -0.3 is 9.47 Å². The van der Waals surface area contributed by atoms with E-state index < -0.39 is 21.8 Å². The number of hydrogen-bond acceptors (Lipinski definition) is 7. The van der Waals surface area contributed by atoms with Crippen LogP contribution < -0.4 is 9.64 Å². The Morgan fingerprint density at radius 2 is 1.78 bits per heavy atom. The third-order valence-electron chi connectivity index (χ3n) is 8.07. The van der Waals surface area contributed by atoms with Gasteiger partial charge in [-0.2, -0.15) is 8.42 Å². The first kappa shape index (κ1) is 27.6. The number of likely N-dealkylation sites (tertiary alicyclic amines) is 1. The number of aromatic nitrogens is 1. The summed E-state index contributed by atoms with van der Waals surface area (Å²) in [6.07, 6.45) is 2.99. The molecule has 9 nitrogen and oxygen atoms in total. The Morgan fingerprint density at radius 3 is 2.39 bits per heavy atom. The minimum Gasteiger partial charge on any atom is -0.492 e. The Morgan fingerprint density at radius 1 is 1.10 bits per heavy atom. The Hall–Kier alpha value is -3.54. The van der Waals surface area contributed by atoms with Gasteiger partial charge in [0.1, 0.15) is 17.2 Å². The molecule has 216 valence electrons. The summed E-state index contributed by atoms with van der Waals surface area (Å²) < 4.78 is 57.4. The molecule has 3 fully saturated rings. The lowest BCUT2D eigenvalue weighted by Crippen LogP contribution is -2.46. The molecular formula is C30H32FN3O6S. The largest absolute Gasteiger partial charge is 0.492 e. The van der Waals surface area contributed by atoms with Crippen molar-refractivity contribution >= 4 is 21.9 Å². The first-order chi connectivity index (χ1) is 19.6. The Labute approximate surface area is 238 Å². The second kappa shape index (κ2) is 10.7. The van der Waals surface area contributed by atoms with Gasteiger partial charge in [-0.15, -0.1) is 0 Å². The number of hydrogen-bond donors (Lipinski definition) is 1. The fourth-order valence-electron chi connectivity index (χ4n) is 5.68. The first-order valence-corrected chi connectivity index (χ1v) is 15.3. The summed E-state index contributed by atoms with van der Waals surface area (Å²) in [5.41, 5.74) is 3.70. The van der Waals surface area contributed by atoms with Crippen molar-refractivity contribution in [3.8, 4) is 16.9 Å². The summed E-state index contributed by atoms with van der Waals surface area (Å²) in [5, 5.41) is 0. The molecule has 1 spiro atoms. The number of carbonyl (C=O) groups excluding carboxylic acids is 1. The van der Waals surface area contributed by atoms with Crippen LogP contribution in [0.15, 0.2) is 59.5 Å². The van der Waals surface area contributed by atoms with Crippen molar-refractivity contribution in [2.45, 2.75) is 55.6 Å². The second-order valence-electron chi connectivity index (χ2n) is 11.0. The van der Waals surface area contributed by atoms with Crippen molar-refractivity contribution in [3.63, 3.8) is 0 Å². The van der Waals surface area contributed by atoms with E-state index in [1.165, 1.54) is 41.3 Å². The van der Waals surface area contributed by atoms with E-state index in [-0.39, 0.29) is 10.7 Å².